The smallest absolute Gasteiger partial charge is 0.173 e. The lowest BCUT2D eigenvalue weighted by Gasteiger charge is -2.16. The van der Waals surface area contributed by atoms with E-state index in [0.717, 1.165) is 5.56 Å². The molecule has 0 radical (unpaired) electrons. The first kappa shape index (κ1) is 24.4. The second kappa shape index (κ2) is 10.7. The van der Waals surface area contributed by atoms with Crippen LogP contribution in [0.2, 0.25) is 0 Å². The Morgan fingerprint density at radius 1 is 1.03 bits per heavy atom. The Kier molecular flexibility index (Phi) is 7.27. The predicted octanol–water partition coefficient (Wildman–Crippen LogP) is 5.67. The van der Waals surface area contributed by atoms with E-state index in [1.165, 1.54) is 13.0 Å². The standard InChI is InChI=1S/C28H24N4O4/c1-17(33)22-12-13-24(25(27(22)35)23-7-2-3-14-31-23)36-16-18-8-10-19(11-9-18)26(34)20-5-4-6-21(15-20)28(29)32-30/h2-15,26,29-30,34-35H,16H2,1H3. The second-order valence-electron chi connectivity index (χ2n) is 8.12. The van der Waals surface area contributed by atoms with Gasteiger partial charge in [0.15, 0.2) is 11.6 Å². The van der Waals surface area contributed by atoms with Gasteiger partial charge in [-0.15, -0.1) is 5.11 Å². The largest absolute Gasteiger partial charge is 0.506 e. The molecule has 4 rings (SSSR count). The average Bonchev–Trinajstić information content (AvgIpc) is 2.91. The Hall–Kier alpha value is -4.69. The number of ketones is 1. The van der Waals surface area contributed by atoms with Gasteiger partial charge in [-0.1, -0.05) is 48.5 Å². The molecule has 36 heavy (non-hydrogen) atoms. The van der Waals surface area contributed by atoms with Gasteiger partial charge in [-0.05, 0) is 53.9 Å². The highest BCUT2D eigenvalue weighted by atomic mass is 16.5. The minimum atomic E-state index is -0.912. The lowest BCUT2D eigenvalue weighted by atomic mass is 9.98. The molecule has 0 amide bonds. The maximum atomic E-state index is 11.9. The SMILES string of the molecule is CC(=O)c1ccc(OCc2ccc(C(O)c3cccc(C(=N)N=N)c3)cc2)c(-c2ccccn2)c1O. The number of carbonyl (C=O) groups excluding carboxylic acids is 1. The third-order valence-corrected chi connectivity index (χ3v) is 5.72. The summed E-state index contributed by atoms with van der Waals surface area (Å²) in [5, 5.41) is 32.4. The van der Waals surface area contributed by atoms with Gasteiger partial charge in [0.05, 0.1) is 16.8 Å². The van der Waals surface area contributed by atoms with Crippen molar-refractivity contribution >= 4 is 11.6 Å². The molecule has 4 aromatic rings. The number of aliphatic hydroxyl groups excluding tert-OH is 1. The van der Waals surface area contributed by atoms with Crippen LogP contribution in [-0.4, -0.2) is 26.8 Å². The van der Waals surface area contributed by atoms with E-state index in [4.69, 9.17) is 15.7 Å². The van der Waals surface area contributed by atoms with Crippen LogP contribution >= 0.6 is 0 Å². The average molecular weight is 481 g/mol. The number of phenols is 1. The third-order valence-electron chi connectivity index (χ3n) is 5.72. The van der Waals surface area contributed by atoms with Crippen molar-refractivity contribution in [2.75, 3.05) is 0 Å². The highest BCUT2D eigenvalue weighted by Crippen LogP contribution is 2.39. The maximum Gasteiger partial charge on any atom is 0.173 e. The summed E-state index contributed by atoms with van der Waals surface area (Å²) >= 11 is 0. The monoisotopic (exact) mass is 480 g/mol. The zero-order valence-electron chi connectivity index (χ0n) is 19.5. The summed E-state index contributed by atoms with van der Waals surface area (Å²) < 4.78 is 6.01. The van der Waals surface area contributed by atoms with Gasteiger partial charge in [0.1, 0.15) is 24.2 Å². The van der Waals surface area contributed by atoms with Crippen molar-refractivity contribution in [1.82, 2.24) is 4.98 Å². The lowest BCUT2D eigenvalue weighted by molar-refractivity contribution is 0.101. The number of aromatic hydroxyl groups is 1. The fourth-order valence-electron chi connectivity index (χ4n) is 3.81. The van der Waals surface area contributed by atoms with Crippen LogP contribution in [-0.2, 0) is 6.61 Å². The lowest BCUT2D eigenvalue weighted by Crippen LogP contribution is -2.03. The molecule has 1 heterocycles. The molecule has 0 spiro atoms. The number of hydrogen-bond acceptors (Lipinski definition) is 7. The van der Waals surface area contributed by atoms with Crippen molar-refractivity contribution in [1.29, 1.82) is 10.9 Å². The number of pyridine rings is 1. The summed E-state index contributed by atoms with van der Waals surface area (Å²) in [6.45, 7) is 1.57. The molecule has 4 N–H and O–H groups in total. The van der Waals surface area contributed by atoms with Gasteiger partial charge in [-0.25, -0.2) is 5.53 Å². The van der Waals surface area contributed by atoms with E-state index >= 15 is 0 Å². The van der Waals surface area contributed by atoms with Crippen LogP contribution < -0.4 is 4.74 Å². The summed E-state index contributed by atoms with van der Waals surface area (Å²) in [4.78, 5) is 16.2. The molecule has 8 nitrogen and oxygen atoms in total. The maximum absolute atomic E-state index is 11.9. The molecule has 0 fully saturated rings. The summed E-state index contributed by atoms with van der Waals surface area (Å²) in [6, 6.07) is 22.4. The molecule has 0 aliphatic rings. The number of Topliss-reactive ketones (excluding diaryl/α,β-unsaturated/α-hetero) is 1. The molecule has 1 atom stereocenters. The van der Waals surface area contributed by atoms with Crippen molar-refractivity contribution in [3.05, 3.63) is 113 Å². The van der Waals surface area contributed by atoms with Crippen LogP contribution in [0, 0.1) is 10.9 Å². The number of ether oxygens (including phenoxy) is 1. The van der Waals surface area contributed by atoms with E-state index in [9.17, 15) is 15.0 Å². The molecule has 0 saturated heterocycles. The normalized spacial score (nSPS) is 11.5. The number of hydrogen-bond donors (Lipinski definition) is 4. The van der Waals surface area contributed by atoms with Crippen molar-refractivity contribution < 1.29 is 19.7 Å². The number of amidine groups is 1. The number of aliphatic hydroxyl groups is 1. The zero-order valence-corrected chi connectivity index (χ0v) is 19.5. The number of carbonyl (C=O) groups is 1. The van der Waals surface area contributed by atoms with E-state index < -0.39 is 6.10 Å². The first-order valence-electron chi connectivity index (χ1n) is 11.1. The highest BCUT2D eigenvalue weighted by Gasteiger charge is 2.19. The first-order chi connectivity index (χ1) is 17.4. The number of phenolic OH excluding ortho intramolecular Hbond substituents is 1. The molecule has 0 bridgehead atoms. The topological polar surface area (TPSA) is 140 Å². The molecule has 0 aliphatic heterocycles. The summed E-state index contributed by atoms with van der Waals surface area (Å²) in [7, 11) is 0. The molecule has 1 unspecified atom stereocenters. The molecule has 0 aliphatic carbocycles. The predicted molar refractivity (Wildman–Crippen MR) is 135 cm³/mol. The van der Waals surface area contributed by atoms with Gasteiger partial charge >= 0.3 is 0 Å². The van der Waals surface area contributed by atoms with Crippen LogP contribution in [0.1, 0.15) is 45.6 Å². The molecule has 0 saturated carbocycles. The zero-order chi connectivity index (χ0) is 25.7. The number of benzene rings is 3. The van der Waals surface area contributed by atoms with E-state index in [-0.39, 0.29) is 29.5 Å². The molecule has 1 aromatic heterocycles. The number of rotatable bonds is 8. The van der Waals surface area contributed by atoms with Gasteiger partial charge < -0.3 is 14.9 Å². The Labute approximate surface area is 207 Å². The van der Waals surface area contributed by atoms with Gasteiger partial charge in [0.2, 0.25) is 0 Å². The van der Waals surface area contributed by atoms with Crippen molar-refractivity contribution in [2.45, 2.75) is 19.6 Å². The van der Waals surface area contributed by atoms with Crippen LogP contribution in [0.3, 0.4) is 0 Å². The van der Waals surface area contributed by atoms with Crippen LogP contribution in [0.4, 0.5) is 0 Å². The third kappa shape index (κ3) is 5.18. The fraction of sp³-hybridized carbons (Fsp3) is 0.107. The van der Waals surface area contributed by atoms with Gasteiger partial charge in [0, 0.05) is 11.8 Å². The van der Waals surface area contributed by atoms with Crippen molar-refractivity contribution in [3.63, 3.8) is 0 Å². The Bertz CT molecular complexity index is 1420. The Morgan fingerprint density at radius 3 is 2.47 bits per heavy atom. The van der Waals surface area contributed by atoms with Crippen molar-refractivity contribution in [3.8, 4) is 22.8 Å². The van der Waals surface area contributed by atoms with Crippen LogP contribution in [0.5, 0.6) is 11.5 Å². The number of nitrogens with one attached hydrogen (secondary N) is 2. The number of nitrogens with zero attached hydrogens (tertiary/aromatic N) is 2. The fourth-order valence-corrected chi connectivity index (χ4v) is 3.81. The summed E-state index contributed by atoms with van der Waals surface area (Å²) in [5.41, 5.74) is 10.6. The van der Waals surface area contributed by atoms with Crippen molar-refractivity contribution in [2.24, 2.45) is 5.11 Å². The molecule has 3 aromatic carbocycles. The molecular formula is C28H24N4O4. The Balaban J connectivity index is 1.54. The van der Waals surface area contributed by atoms with Gasteiger partial charge in [-0.2, -0.15) is 0 Å². The van der Waals surface area contributed by atoms with E-state index in [0.29, 0.717) is 33.7 Å². The van der Waals surface area contributed by atoms with E-state index in [2.05, 4.69) is 10.1 Å². The summed E-state index contributed by atoms with van der Waals surface area (Å²) in [5.74, 6) is -0.226. The minimum Gasteiger partial charge on any atom is -0.506 e. The Morgan fingerprint density at radius 2 is 1.81 bits per heavy atom. The van der Waals surface area contributed by atoms with Gasteiger partial charge in [-0.3, -0.25) is 15.2 Å². The van der Waals surface area contributed by atoms with Crippen LogP contribution in [0.25, 0.3) is 11.3 Å². The molecular weight excluding hydrogens is 456 g/mol. The quantitative estimate of drug-likeness (QED) is 0.111. The molecule has 8 heteroatoms. The second-order valence-corrected chi connectivity index (χ2v) is 8.12. The first-order valence-corrected chi connectivity index (χ1v) is 11.1. The number of aromatic nitrogens is 1. The highest BCUT2D eigenvalue weighted by molar-refractivity contribution is 6.00. The molecule has 180 valence electrons. The van der Waals surface area contributed by atoms with E-state index in [1.807, 2.05) is 12.1 Å². The summed E-state index contributed by atoms with van der Waals surface area (Å²) in [6.07, 6.45) is 0.689. The van der Waals surface area contributed by atoms with E-state index in [1.54, 1.807) is 66.9 Å². The van der Waals surface area contributed by atoms with Crippen LogP contribution in [0.15, 0.2) is 90.2 Å². The minimum absolute atomic E-state index is 0.175. The van der Waals surface area contributed by atoms with Gasteiger partial charge in [0.25, 0.3) is 0 Å².